The molecule has 0 radical (unpaired) electrons. The summed E-state index contributed by atoms with van der Waals surface area (Å²) < 4.78 is 10.2. The zero-order chi connectivity index (χ0) is 8.53. The third-order valence-corrected chi connectivity index (χ3v) is 1.45. The van der Waals surface area contributed by atoms with E-state index in [2.05, 4.69) is 0 Å². The summed E-state index contributed by atoms with van der Waals surface area (Å²) in [7, 11) is 1.67. The second-order valence-corrected chi connectivity index (χ2v) is 2.55. The summed E-state index contributed by atoms with van der Waals surface area (Å²) in [4.78, 5) is 0. The Bertz CT molecular complexity index is 75.7. The quantitative estimate of drug-likeness (QED) is 0.563. The number of unbranched alkanes of at least 4 members (excludes halogenated alkanes) is 1. The first-order chi connectivity index (χ1) is 5.31. The molecule has 1 N–H and O–H groups in total. The van der Waals surface area contributed by atoms with Crippen LogP contribution < -0.4 is 0 Å². The molecule has 0 aromatic rings. The molecule has 0 saturated heterocycles. The van der Waals surface area contributed by atoms with Crippen LogP contribution in [0.3, 0.4) is 0 Å². The number of hydrogen-bond donors (Lipinski definition) is 1. The van der Waals surface area contributed by atoms with Gasteiger partial charge in [-0.15, -0.1) is 0 Å². The third-order valence-electron chi connectivity index (χ3n) is 1.45. The van der Waals surface area contributed by atoms with Crippen LogP contribution in [-0.2, 0) is 9.47 Å². The van der Waals surface area contributed by atoms with Crippen LogP contribution >= 0.6 is 0 Å². The van der Waals surface area contributed by atoms with Gasteiger partial charge in [-0.05, 0) is 19.8 Å². The van der Waals surface area contributed by atoms with E-state index < -0.39 is 0 Å². The molecule has 0 aromatic heterocycles. The molecule has 0 rings (SSSR count). The predicted molar refractivity (Wildman–Crippen MR) is 43.6 cm³/mol. The van der Waals surface area contributed by atoms with Gasteiger partial charge in [-0.25, -0.2) is 0 Å². The third kappa shape index (κ3) is 7.78. The first-order valence-corrected chi connectivity index (χ1v) is 4.02. The molecule has 68 valence electrons. The molecule has 0 fully saturated rings. The van der Waals surface area contributed by atoms with Crippen molar-refractivity contribution >= 4 is 0 Å². The van der Waals surface area contributed by atoms with Crippen LogP contribution in [0.25, 0.3) is 0 Å². The first kappa shape index (κ1) is 10.9. The summed E-state index contributed by atoms with van der Waals surface area (Å²) in [5.41, 5.74) is 0. The van der Waals surface area contributed by atoms with Gasteiger partial charge < -0.3 is 14.6 Å². The van der Waals surface area contributed by atoms with Crippen LogP contribution in [0.1, 0.15) is 19.8 Å². The van der Waals surface area contributed by atoms with Crippen molar-refractivity contribution in [3.8, 4) is 0 Å². The van der Waals surface area contributed by atoms with E-state index in [4.69, 9.17) is 14.6 Å². The van der Waals surface area contributed by atoms with Gasteiger partial charge in [-0.1, -0.05) is 0 Å². The molecule has 0 spiro atoms. The van der Waals surface area contributed by atoms with Crippen molar-refractivity contribution in [1.82, 2.24) is 0 Å². The summed E-state index contributed by atoms with van der Waals surface area (Å²) in [6, 6.07) is 0. The van der Waals surface area contributed by atoms with Crippen molar-refractivity contribution < 1.29 is 14.6 Å². The molecule has 0 bridgehead atoms. The molecular weight excluding hydrogens is 144 g/mol. The SMILES string of the molecule is COC(C)COCCCCO. The average Bonchev–Trinajstić information content (AvgIpc) is 2.04. The number of ether oxygens (including phenoxy) is 2. The van der Waals surface area contributed by atoms with E-state index in [1.807, 2.05) is 6.92 Å². The lowest BCUT2D eigenvalue weighted by Crippen LogP contribution is -2.14. The monoisotopic (exact) mass is 162 g/mol. The minimum Gasteiger partial charge on any atom is -0.396 e. The summed E-state index contributed by atoms with van der Waals surface area (Å²) in [6.07, 6.45) is 1.91. The minimum absolute atomic E-state index is 0.170. The molecule has 0 aliphatic carbocycles. The van der Waals surface area contributed by atoms with Crippen LogP contribution in [0, 0.1) is 0 Å². The average molecular weight is 162 g/mol. The number of aliphatic hydroxyl groups is 1. The largest absolute Gasteiger partial charge is 0.396 e. The van der Waals surface area contributed by atoms with Crippen molar-refractivity contribution in [3.05, 3.63) is 0 Å². The molecule has 0 heterocycles. The lowest BCUT2D eigenvalue weighted by Gasteiger charge is -2.09. The zero-order valence-electron chi connectivity index (χ0n) is 7.38. The van der Waals surface area contributed by atoms with Gasteiger partial charge in [-0.3, -0.25) is 0 Å². The van der Waals surface area contributed by atoms with Gasteiger partial charge in [0.2, 0.25) is 0 Å². The molecule has 0 aromatic carbocycles. The standard InChI is InChI=1S/C8H18O3/c1-8(10-2)7-11-6-4-3-5-9/h8-9H,3-7H2,1-2H3. The van der Waals surface area contributed by atoms with Crippen LogP contribution in [0.2, 0.25) is 0 Å². The van der Waals surface area contributed by atoms with Gasteiger partial charge in [0.25, 0.3) is 0 Å². The Hall–Kier alpha value is -0.120. The van der Waals surface area contributed by atoms with Gasteiger partial charge in [0.15, 0.2) is 0 Å². The maximum atomic E-state index is 8.44. The predicted octanol–water partition coefficient (Wildman–Crippen LogP) is 0.810. The lowest BCUT2D eigenvalue weighted by atomic mass is 10.3. The van der Waals surface area contributed by atoms with Crippen molar-refractivity contribution in [2.75, 3.05) is 26.9 Å². The van der Waals surface area contributed by atoms with E-state index in [1.54, 1.807) is 7.11 Å². The normalized spacial score (nSPS) is 13.4. The maximum Gasteiger partial charge on any atom is 0.0776 e. The van der Waals surface area contributed by atoms with Crippen molar-refractivity contribution in [2.45, 2.75) is 25.9 Å². The fraction of sp³-hybridized carbons (Fsp3) is 1.00. The topological polar surface area (TPSA) is 38.7 Å². The van der Waals surface area contributed by atoms with Gasteiger partial charge >= 0.3 is 0 Å². The van der Waals surface area contributed by atoms with E-state index in [0.717, 1.165) is 12.8 Å². The number of aliphatic hydroxyl groups excluding tert-OH is 1. The van der Waals surface area contributed by atoms with E-state index in [0.29, 0.717) is 13.2 Å². The fourth-order valence-corrected chi connectivity index (χ4v) is 0.633. The Morgan fingerprint density at radius 3 is 2.64 bits per heavy atom. The molecule has 3 nitrogen and oxygen atoms in total. The summed E-state index contributed by atoms with van der Waals surface area (Å²) in [5, 5.41) is 8.44. The number of methoxy groups -OCH3 is 1. The minimum atomic E-state index is 0.170. The molecule has 1 atom stereocenters. The molecule has 0 aliphatic heterocycles. The first-order valence-electron chi connectivity index (χ1n) is 4.02. The number of rotatable bonds is 7. The van der Waals surface area contributed by atoms with Crippen molar-refractivity contribution in [3.63, 3.8) is 0 Å². The highest BCUT2D eigenvalue weighted by Crippen LogP contribution is 1.92. The van der Waals surface area contributed by atoms with Crippen LogP contribution in [0.4, 0.5) is 0 Å². The molecule has 1 unspecified atom stereocenters. The van der Waals surface area contributed by atoms with Gasteiger partial charge in [-0.2, -0.15) is 0 Å². The summed E-state index contributed by atoms with van der Waals surface area (Å²) in [5.74, 6) is 0. The number of hydrogen-bond acceptors (Lipinski definition) is 3. The highest BCUT2D eigenvalue weighted by atomic mass is 16.5. The maximum absolute atomic E-state index is 8.44. The Kier molecular flexibility index (Phi) is 7.89. The van der Waals surface area contributed by atoms with Gasteiger partial charge in [0.05, 0.1) is 12.7 Å². The lowest BCUT2D eigenvalue weighted by molar-refractivity contribution is 0.0167. The second-order valence-electron chi connectivity index (χ2n) is 2.55. The highest BCUT2D eigenvalue weighted by molar-refractivity contribution is 4.44. The van der Waals surface area contributed by atoms with E-state index in [9.17, 15) is 0 Å². The Labute approximate surface area is 68.3 Å². The van der Waals surface area contributed by atoms with Crippen molar-refractivity contribution in [2.24, 2.45) is 0 Å². The molecular formula is C8H18O3. The molecule has 0 amide bonds. The van der Waals surface area contributed by atoms with E-state index in [-0.39, 0.29) is 12.7 Å². The molecule has 0 saturated carbocycles. The highest BCUT2D eigenvalue weighted by Gasteiger charge is 1.97. The molecule has 3 heteroatoms. The second kappa shape index (κ2) is 7.98. The van der Waals surface area contributed by atoms with Crippen LogP contribution in [0.5, 0.6) is 0 Å². The summed E-state index contributed by atoms with van der Waals surface area (Å²) in [6.45, 7) is 3.57. The van der Waals surface area contributed by atoms with Crippen molar-refractivity contribution in [1.29, 1.82) is 0 Å². The van der Waals surface area contributed by atoms with Gasteiger partial charge in [0, 0.05) is 20.3 Å². The summed E-state index contributed by atoms with van der Waals surface area (Å²) >= 11 is 0. The van der Waals surface area contributed by atoms with Gasteiger partial charge in [0.1, 0.15) is 0 Å². The Morgan fingerprint density at radius 2 is 2.09 bits per heavy atom. The zero-order valence-corrected chi connectivity index (χ0v) is 7.38. The van der Waals surface area contributed by atoms with E-state index >= 15 is 0 Å². The molecule has 0 aliphatic rings. The van der Waals surface area contributed by atoms with Crippen LogP contribution in [-0.4, -0.2) is 38.1 Å². The fourth-order valence-electron chi connectivity index (χ4n) is 0.633. The van der Waals surface area contributed by atoms with Crippen LogP contribution in [0.15, 0.2) is 0 Å². The smallest absolute Gasteiger partial charge is 0.0776 e. The van der Waals surface area contributed by atoms with E-state index in [1.165, 1.54) is 0 Å². The molecule has 11 heavy (non-hydrogen) atoms. The Balaban J connectivity index is 2.89. The Morgan fingerprint density at radius 1 is 1.36 bits per heavy atom.